The summed E-state index contributed by atoms with van der Waals surface area (Å²) in [7, 11) is -3.27. The number of hydrogen-bond acceptors (Lipinski definition) is 7. The van der Waals surface area contributed by atoms with Crippen LogP contribution in [0.1, 0.15) is 82.9 Å². The zero-order valence-corrected chi connectivity index (χ0v) is 30.8. The lowest BCUT2D eigenvalue weighted by molar-refractivity contribution is -0.118. The maximum absolute atomic E-state index is 12.5. The molecule has 4 aromatic rings. The third-order valence-corrected chi connectivity index (χ3v) is 9.50. The van der Waals surface area contributed by atoms with Crippen LogP contribution in [0, 0.1) is 0 Å². The number of rotatable bonds is 11. The standard InChI is InChI=1S/C21H27N7O2.C15H23NO3S/c1-21(2,3)16-11-14-12-28(20(30)27-17(14)26-16)15-7-5-13(6-8-15)18(29)24-9-4-10-25-19(22)23;1-12(17)16-10-5-11-20(18,19)14-8-6-13(7-9-14)15(2,3)4/h5-8,11-12H,4,9-10H2,1-3H3,(H,24,29)(H4,22,23,25)(H,26,27,30);6-9H,5,10-11H2,1-4H3,(H,16,17). The average molecular weight is 707 g/mol. The predicted molar refractivity (Wildman–Crippen MR) is 199 cm³/mol. The van der Waals surface area contributed by atoms with Crippen LogP contribution in [0.4, 0.5) is 0 Å². The van der Waals surface area contributed by atoms with Crippen molar-refractivity contribution in [3.63, 3.8) is 0 Å². The lowest BCUT2D eigenvalue weighted by atomic mass is 9.87. The second kappa shape index (κ2) is 16.6. The Morgan fingerprint density at radius 1 is 0.900 bits per heavy atom. The lowest BCUT2D eigenvalue weighted by Crippen LogP contribution is -2.26. The van der Waals surface area contributed by atoms with Crippen LogP contribution in [0.3, 0.4) is 0 Å². The number of nitrogens with zero attached hydrogens (tertiary/aromatic N) is 3. The minimum atomic E-state index is -3.27. The first-order valence-corrected chi connectivity index (χ1v) is 18.1. The van der Waals surface area contributed by atoms with Gasteiger partial charge in [0.2, 0.25) is 5.91 Å². The molecule has 0 aliphatic carbocycles. The first kappa shape index (κ1) is 39.5. The number of nitrogens with two attached hydrogens (primary N) is 2. The van der Waals surface area contributed by atoms with Gasteiger partial charge in [-0.2, -0.15) is 4.98 Å². The fourth-order valence-electron chi connectivity index (χ4n) is 4.75. The van der Waals surface area contributed by atoms with Gasteiger partial charge in [0.15, 0.2) is 15.8 Å². The molecule has 0 atom stereocenters. The van der Waals surface area contributed by atoms with E-state index in [2.05, 4.69) is 67.1 Å². The molecule has 0 saturated heterocycles. The molecule has 7 N–H and O–H groups in total. The number of fused-ring (bicyclic) bond motifs is 1. The molecule has 2 aromatic heterocycles. The molecule has 2 aromatic carbocycles. The van der Waals surface area contributed by atoms with Crippen molar-refractivity contribution in [3.05, 3.63) is 88.1 Å². The van der Waals surface area contributed by atoms with Crippen molar-refractivity contribution in [2.24, 2.45) is 16.5 Å². The molecule has 0 bridgehead atoms. The highest BCUT2D eigenvalue weighted by atomic mass is 32.2. The molecule has 50 heavy (non-hydrogen) atoms. The zero-order valence-electron chi connectivity index (χ0n) is 30.0. The van der Waals surface area contributed by atoms with Gasteiger partial charge in [0, 0.05) is 54.8 Å². The van der Waals surface area contributed by atoms with Crippen LogP contribution < -0.4 is 27.8 Å². The number of aromatic nitrogens is 3. The molecule has 0 spiro atoms. The number of benzene rings is 2. The van der Waals surface area contributed by atoms with Crippen LogP contribution >= 0.6 is 0 Å². The van der Waals surface area contributed by atoms with Crippen LogP contribution in [-0.4, -0.2) is 66.1 Å². The minimum absolute atomic E-state index is 0.00764. The first-order valence-electron chi connectivity index (χ1n) is 16.4. The van der Waals surface area contributed by atoms with E-state index in [-0.39, 0.29) is 40.0 Å². The normalized spacial score (nSPS) is 11.7. The average Bonchev–Trinajstić information content (AvgIpc) is 3.46. The summed E-state index contributed by atoms with van der Waals surface area (Å²) in [5.41, 5.74) is 13.9. The molecular weight excluding hydrogens is 657 g/mol. The van der Waals surface area contributed by atoms with Crippen LogP contribution in [0.15, 0.2) is 75.5 Å². The lowest BCUT2D eigenvalue weighted by Gasteiger charge is -2.19. The molecular formula is C36H50N8O5S. The van der Waals surface area contributed by atoms with Crippen molar-refractivity contribution >= 4 is 38.6 Å². The third kappa shape index (κ3) is 11.6. The fourth-order valence-corrected chi connectivity index (χ4v) is 6.07. The molecule has 270 valence electrons. The molecule has 0 fully saturated rings. The van der Waals surface area contributed by atoms with E-state index in [0.717, 1.165) is 16.6 Å². The van der Waals surface area contributed by atoms with Gasteiger partial charge in [-0.05, 0) is 66.3 Å². The Hall–Kier alpha value is -4.98. The van der Waals surface area contributed by atoms with Gasteiger partial charge < -0.3 is 27.1 Å². The molecule has 0 aliphatic heterocycles. The van der Waals surface area contributed by atoms with E-state index in [4.69, 9.17) is 11.5 Å². The Bertz CT molecular complexity index is 1960. The largest absolute Gasteiger partial charge is 0.370 e. The predicted octanol–water partition coefficient (Wildman–Crippen LogP) is 3.69. The zero-order chi connectivity index (χ0) is 37.3. The fraction of sp³-hybridized carbons (Fsp3) is 0.417. The monoisotopic (exact) mass is 706 g/mol. The number of hydrogen-bond donors (Lipinski definition) is 5. The third-order valence-electron chi connectivity index (χ3n) is 7.68. The summed E-state index contributed by atoms with van der Waals surface area (Å²) in [6.07, 6.45) is 2.81. The van der Waals surface area contributed by atoms with Gasteiger partial charge in [-0.25, -0.2) is 13.2 Å². The van der Waals surface area contributed by atoms with Crippen LogP contribution in [0.2, 0.25) is 0 Å². The highest BCUT2D eigenvalue weighted by Crippen LogP contribution is 2.25. The SMILES string of the molecule is CC(=O)NCCCS(=O)(=O)c1ccc(C(C)(C)C)cc1.CC(C)(C)c1cc2cn(-c3ccc(C(=O)NCCCN=C(N)N)cc3)c(=O)nc2[nH]1. The highest BCUT2D eigenvalue weighted by Gasteiger charge is 2.19. The topological polar surface area (TPSA) is 207 Å². The molecule has 0 radical (unpaired) electrons. The number of nitrogens with one attached hydrogen (secondary N) is 3. The number of H-pyrrole nitrogens is 1. The van der Waals surface area contributed by atoms with E-state index in [0.29, 0.717) is 54.3 Å². The molecule has 13 nitrogen and oxygen atoms in total. The van der Waals surface area contributed by atoms with E-state index in [1.807, 2.05) is 18.2 Å². The van der Waals surface area contributed by atoms with Gasteiger partial charge in [-0.1, -0.05) is 53.7 Å². The number of amides is 2. The Morgan fingerprint density at radius 2 is 1.52 bits per heavy atom. The van der Waals surface area contributed by atoms with Crippen molar-refractivity contribution in [1.29, 1.82) is 0 Å². The van der Waals surface area contributed by atoms with Crippen molar-refractivity contribution < 1.29 is 18.0 Å². The summed E-state index contributed by atoms with van der Waals surface area (Å²) in [6, 6.07) is 15.8. The molecule has 0 unspecified atom stereocenters. The number of aliphatic imine (C=N–C) groups is 1. The molecule has 2 amide bonds. The number of sulfone groups is 1. The Labute approximate surface area is 293 Å². The maximum Gasteiger partial charge on any atom is 0.354 e. The molecule has 0 aliphatic rings. The molecule has 4 rings (SSSR count). The molecule has 0 saturated carbocycles. The summed E-state index contributed by atoms with van der Waals surface area (Å²) in [5, 5.41) is 6.25. The maximum atomic E-state index is 12.5. The van der Waals surface area contributed by atoms with Crippen LogP contribution in [-0.2, 0) is 25.5 Å². The highest BCUT2D eigenvalue weighted by molar-refractivity contribution is 7.91. The Balaban J connectivity index is 0.000000295. The van der Waals surface area contributed by atoms with E-state index in [9.17, 15) is 22.8 Å². The van der Waals surface area contributed by atoms with E-state index < -0.39 is 9.84 Å². The van der Waals surface area contributed by atoms with Gasteiger partial charge in [-0.15, -0.1) is 0 Å². The van der Waals surface area contributed by atoms with Crippen molar-refractivity contribution in [2.75, 3.05) is 25.4 Å². The smallest absolute Gasteiger partial charge is 0.354 e. The number of carbonyl (C=O) groups excluding carboxylic acids is 2. The van der Waals surface area contributed by atoms with Gasteiger partial charge in [0.1, 0.15) is 5.65 Å². The van der Waals surface area contributed by atoms with Crippen LogP contribution in [0.25, 0.3) is 16.7 Å². The second-order valence-electron chi connectivity index (χ2n) is 14.0. The van der Waals surface area contributed by atoms with Crippen LogP contribution in [0.5, 0.6) is 0 Å². The summed E-state index contributed by atoms with van der Waals surface area (Å²) in [6.45, 7) is 15.3. The van der Waals surface area contributed by atoms with Crippen molar-refractivity contribution in [2.45, 2.75) is 77.0 Å². The summed E-state index contributed by atoms with van der Waals surface area (Å²) in [4.78, 5) is 47.0. The second-order valence-corrected chi connectivity index (χ2v) is 16.1. The van der Waals surface area contributed by atoms with E-state index >= 15 is 0 Å². The number of guanidine groups is 1. The van der Waals surface area contributed by atoms with Crippen molar-refractivity contribution in [3.8, 4) is 5.69 Å². The van der Waals surface area contributed by atoms with Gasteiger partial charge in [0.05, 0.1) is 16.3 Å². The minimum Gasteiger partial charge on any atom is -0.370 e. The quantitative estimate of drug-likeness (QED) is 0.0881. The van der Waals surface area contributed by atoms with Crippen molar-refractivity contribution in [1.82, 2.24) is 25.2 Å². The van der Waals surface area contributed by atoms with Gasteiger partial charge in [0.25, 0.3) is 5.91 Å². The Kier molecular flexibility index (Phi) is 13.1. The first-order chi connectivity index (χ1) is 23.3. The number of carbonyl (C=O) groups is 2. The Morgan fingerprint density at radius 3 is 2.08 bits per heavy atom. The summed E-state index contributed by atoms with van der Waals surface area (Å²) >= 11 is 0. The summed E-state index contributed by atoms with van der Waals surface area (Å²) < 4.78 is 25.7. The number of aromatic amines is 1. The van der Waals surface area contributed by atoms with E-state index in [1.165, 1.54) is 11.5 Å². The van der Waals surface area contributed by atoms with Gasteiger partial charge >= 0.3 is 5.69 Å². The van der Waals surface area contributed by atoms with E-state index in [1.54, 1.807) is 42.6 Å². The van der Waals surface area contributed by atoms with Gasteiger partial charge in [-0.3, -0.25) is 19.1 Å². The summed E-state index contributed by atoms with van der Waals surface area (Å²) in [5.74, 6) is -0.263. The molecule has 14 heteroatoms. The molecule has 2 heterocycles.